The Bertz CT molecular complexity index is 855. The summed E-state index contributed by atoms with van der Waals surface area (Å²) >= 11 is 0. The molecule has 6 nitrogen and oxygen atoms in total. The highest BCUT2D eigenvalue weighted by molar-refractivity contribution is 5.95. The number of carbonyl (C=O) groups is 2. The molecule has 33 heavy (non-hydrogen) atoms. The third-order valence-corrected chi connectivity index (χ3v) is 8.82. The standard InChI is InChI=1S/C27H38N2O4/c1-32-23-4-3-22(12-24(23)33-2)26(31)29-7-5-18(6-8-29)17-28-25(30)16-27-13-19-9-20(14-27)11-21(10-19)15-27/h3-4,12,18-21H,5-11,13-17H2,1-2H3,(H,28,30). The Hall–Kier alpha value is -2.24. The van der Waals surface area contributed by atoms with Crippen LogP contribution in [-0.4, -0.2) is 50.6 Å². The van der Waals surface area contributed by atoms with Gasteiger partial charge in [0.1, 0.15) is 0 Å². The molecule has 0 unspecified atom stereocenters. The lowest BCUT2D eigenvalue weighted by Crippen LogP contribution is -2.48. The molecule has 6 rings (SSSR count). The molecular formula is C27H38N2O4. The van der Waals surface area contributed by atoms with Crippen molar-refractivity contribution in [1.29, 1.82) is 0 Å². The number of piperidine rings is 1. The number of hydrogen-bond donors (Lipinski definition) is 1. The van der Waals surface area contributed by atoms with Crippen LogP contribution in [-0.2, 0) is 4.79 Å². The average molecular weight is 455 g/mol. The number of nitrogens with zero attached hydrogens (tertiary/aromatic N) is 1. The first kappa shape index (κ1) is 22.5. The van der Waals surface area contributed by atoms with Crippen molar-refractivity contribution < 1.29 is 19.1 Å². The minimum absolute atomic E-state index is 0.0280. The van der Waals surface area contributed by atoms with E-state index in [9.17, 15) is 9.59 Å². The molecule has 1 aromatic carbocycles. The molecule has 4 saturated carbocycles. The van der Waals surface area contributed by atoms with Crippen molar-refractivity contribution in [3.05, 3.63) is 23.8 Å². The van der Waals surface area contributed by atoms with Crippen LogP contribution < -0.4 is 14.8 Å². The zero-order valence-corrected chi connectivity index (χ0v) is 20.1. The fourth-order valence-electron chi connectivity index (χ4n) is 7.66. The van der Waals surface area contributed by atoms with Crippen molar-refractivity contribution in [3.8, 4) is 11.5 Å². The van der Waals surface area contributed by atoms with Crippen molar-refractivity contribution in [3.63, 3.8) is 0 Å². The number of hydrogen-bond acceptors (Lipinski definition) is 4. The summed E-state index contributed by atoms with van der Waals surface area (Å²) in [7, 11) is 3.17. The molecule has 1 saturated heterocycles. The van der Waals surface area contributed by atoms with Gasteiger partial charge in [0.15, 0.2) is 11.5 Å². The summed E-state index contributed by atoms with van der Waals surface area (Å²) < 4.78 is 10.6. The lowest BCUT2D eigenvalue weighted by molar-refractivity contribution is -0.129. The molecule has 1 heterocycles. The van der Waals surface area contributed by atoms with Gasteiger partial charge in [0.2, 0.25) is 5.91 Å². The number of rotatable bonds is 7. The number of amides is 2. The third kappa shape index (κ3) is 4.71. The van der Waals surface area contributed by atoms with Crippen molar-refractivity contribution in [2.45, 2.75) is 57.8 Å². The van der Waals surface area contributed by atoms with Gasteiger partial charge in [0.05, 0.1) is 14.2 Å². The fraction of sp³-hybridized carbons (Fsp3) is 0.704. The van der Waals surface area contributed by atoms with Crippen LogP contribution in [0.4, 0.5) is 0 Å². The smallest absolute Gasteiger partial charge is 0.253 e. The predicted octanol–water partition coefficient (Wildman–Crippen LogP) is 4.28. The molecule has 1 aliphatic heterocycles. The highest BCUT2D eigenvalue weighted by Gasteiger charge is 2.51. The second kappa shape index (κ2) is 9.19. The van der Waals surface area contributed by atoms with Crippen LogP contribution in [0.15, 0.2) is 18.2 Å². The number of methoxy groups -OCH3 is 2. The molecule has 0 spiro atoms. The van der Waals surface area contributed by atoms with E-state index in [4.69, 9.17) is 9.47 Å². The van der Waals surface area contributed by atoms with E-state index in [0.29, 0.717) is 28.4 Å². The molecule has 0 radical (unpaired) electrons. The van der Waals surface area contributed by atoms with Gasteiger partial charge in [-0.2, -0.15) is 0 Å². The molecule has 0 atom stereocenters. The Morgan fingerprint density at radius 2 is 1.58 bits per heavy atom. The first-order valence-electron chi connectivity index (χ1n) is 12.7. The van der Waals surface area contributed by atoms with E-state index in [1.807, 2.05) is 4.90 Å². The lowest BCUT2D eigenvalue weighted by Gasteiger charge is -2.56. The highest BCUT2D eigenvalue weighted by atomic mass is 16.5. The Kier molecular flexibility index (Phi) is 6.28. The van der Waals surface area contributed by atoms with Crippen LogP contribution in [0.3, 0.4) is 0 Å². The summed E-state index contributed by atoms with van der Waals surface area (Å²) in [6.07, 6.45) is 10.7. The van der Waals surface area contributed by atoms with Crippen molar-refractivity contribution >= 4 is 11.8 Å². The lowest BCUT2D eigenvalue weighted by atomic mass is 9.49. The minimum atomic E-state index is 0.0280. The number of likely N-dealkylation sites (tertiary alicyclic amines) is 1. The quantitative estimate of drug-likeness (QED) is 0.668. The predicted molar refractivity (Wildman–Crippen MR) is 126 cm³/mol. The zero-order chi connectivity index (χ0) is 23.0. The maximum atomic E-state index is 13.0. The van der Waals surface area contributed by atoms with Gasteiger partial charge in [-0.3, -0.25) is 9.59 Å². The minimum Gasteiger partial charge on any atom is -0.493 e. The Labute approximate surface area is 197 Å². The summed E-state index contributed by atoms with van der Waals surface area (Å²) in [5.74, 6) is 4.57. The van der Waals surface area contributed by atoms with Crippen LogP contribution in [0.2, 0.25) is 0 Å². The number of carbonyl (C=O) groups excluding carboxylic acids is 2. The molecule has 6 heteroatoms. The van der Waals surface area contributed by atoms with E-state index in [-0.39, 0.29) is 11.8 Å². The number of benzene rings is 1. The zero-order valence-electron chi connectivity index (χ0n) is 20.1. The Morgan fingerprint density at radius 1 is 0.970 bits per heavy atom. The summed E-state index contributed by atoms with van der Waals surface area (Å²) in [6, 6.07) is 5.32. The third-order valence-electron chi connectivity index (χ3n) is 8.82. The summed E-state index contributed by atoms with van der Waals surface area (Å²) in [4.78, 5) is 27.7. The normalized spacial score (nSPS) is 30.8. The molecule has 4 bridgehead atoms. The molecule has 5 aliphatic rings. The second-order valence-corrected chi connectivity index (χ2v) is 11.2. The number of ether oxygens (including phenoxy) is 2. The Balaban J connectivity index is 1.08. The van der Waals surface area contributed by atoms with Gasteiger partial charge >= 0.3 is 0 Å². The molecule has 4 aliphatic carbocycles. The van der Waals surface area contributed by atoms with Gasteiger partial charge in [-0.1, -0.05) is 0 Å². The first-order valence-corrected chi connectivity index (χ1v) is 12.7. The van der Waals surface area contributed by atoms with Gasteiger partial charge in [-0.15, -0.1) is 0 Å². The van der Waals surface area contributed by atoms with Crippen LogP contribution >= 0.6 is 0 Å². The first-order chi connectivity index (χ1) is 16.0. The van der Waals surface area contributed by atoms with Crippen LogP contribution in [0.1, 0.15) is 68.1 Å². The van der Waals surface area contributed by atoms with Gasteiger partial charge in [-0.05, 0) is 98.7 Å². The van der Waals surface area contributed by atoms with E-state index in [1.165, 1.54) is 38.5 Å². The van der Waals surface area contributed by atoms with Gasteiger partial charge in [-0.25, -0.2) is 0 Å². The van der Waals surface area contributed by atoms with Gasteiger partial charge in [0.25, 0.3) is 5.91 Å². The number of nitrogens with one attached hydrogen (secondary N) is 1. The maximum absolute atomic E-state index is 13.0. The van der Waals surface area contributed by atoms with Gasteiger partial charge < -0.3 is 19.7 Å². The Morgan fingerprint density at radius 3 is 2.15 bits per heavy atom. The summed E-state index contributed by atoms with van der Waals surface area (Å²) in [6.45, 7) is 2.19. The maximum Gasteiger partial charge on any atom is 0.253 e. The molecule has 180 valence electrons. The van der Waals surface area contributed by atoms with Crippen LogP contribution in [0.5, 0.6) is 11.5 Å². The van der Waals surface area contributed by atoms with E-state index in [1.54, 1.807) is 32.4 Å². The van der Waals surface area contributed by atoms with Gasteiger partial charge in [0, 0.05) is 31.6 Å². The monoisotopic (exact) mass is 454 g/mol. The topological polar surface area (TPSA) is 67.9 Å². The summed E-state index contributed by atoms with van der Waals surface area (Å²) in [5, 5.41) is 3.26. The van der Waals surface area contributed by atoms with E-state index >= 15 is 0 Å². The van der Waals surface area contributed by atoms with Crippen molar-refractivity contribution in [1.82, 2.24) is 10.2 Å². The second-order valence-electron chi connectivity index (χ2n) is 11.2. The molecular weight excluding hydrogens is 416 g/mol. The summed E-state index contributed by atoms with van der Waals surface area (Å²) in [5.41, 5.74) is 0.920. The SMILES string of the molecule is COc1ccc(C(=O)N2CCC(CNC(=O)CC34CC5CC(CC(C5)C3)C4)CC2)cc1OC. The van der Waals surface area contributed by atoms with Crippen molar-refractivity contribution in [2.75, 3.05) is 33.9 Å². The van der Waals surface area contributed by atoms with Crippen LogP contribution in [0.25, 0.3) is 0 Å². The van der Waals surface area contributed by atoms with E-state index < -0.39 is 0 Å². The highest BCUT2D eigenvalue weighted by Crippen LogP contribution is 2.61. The largest absolute Gasteiger partial charge is 0.493 e. The molecule has 5 fully saturated rings. The average Bonchev–Trinajstić information content (AvgIpc) is 2.81. The molecule has 0 aromatic heterocycles. The van der Waals surface area contributed by atoms with Crippen molar-refractivity contribution in [2.24, 2.45) is 29.1 Å². The molecule has 1 N–H and O–H groups in total. The molecule has 1 aromatic rings. The van der Waals surface area contributed by atoms with E-state index in [0.717, 1.165) is 56.7 Å². The molecule has 2 amide bonds. The van der Waals surface area contributed by atoms with E-state index in [2.05, 4.69) is 5.32 Å². The van der Waals surface area contributed by atoms with Crippen LogP contribution in [0, 0.1) is 29.1 Å². The fourth-order valence-corrected chi connectivity index (χ4v) is 7.66.